The lowest BCUT2D eigenvalue weighted by Crippen LogP contribution is -2.37. The zero-order chi connectivity index (χ0) is 13.2. The van der Waals surface area contributed by atoms with E-state index in [2.05, 4.69) is 19.2 Å². The van der Waals surface area contributed by atoms with Crippen LogP contribution in [-0.2, 0) is 6.54 Å². The second kappa shape index (κ2) is 5.07. The Kier molecular flexibility index (Phi) is 3.68. The van der Waals surface area contributed by atoms with E-state index in [0.717, 1.165) is 5.56 Å². The van der Waals surface area contributed by atoms with Gasteiger partial charge in [0.1, 0.15) is 5.82 Å². The quantitative estimate of drug-likeness (QED) is 0.887. The van der Waals surface area contributed by atoms with Crippen LogP contribution < -0.4 is 5.32 Å². The molecule has 3 heteroatoms. The predicted octanol–water partition coefficient (Wildman–Crippen LogP) is 3.37. The third-order valence-corrected chi connectivity index (χ3v) is 3.90. The molecule has 0 amide bonds. The van der Waals surface area contributed by atoms with Gasteiger partial charge in [-0.3, -0.25) is 0 Å². The van der Waals surface area contributed by atoms with Crippen LogP contribution in [0.4, 0.5) is 4.39 Å². The van der Waals surface area contributed by atoms with E-state index >= 15 is 0 Å². The average molecular weight is 246 g/mol. The highest BCUT2D eigenvalue weighted by atomic mass is 19.1. The first-order chi connectivity index (χ1) is 8.51. The number of nitrogens with zero attached hydrogens (tertiary/aromatic N) is 1. The van der Waals surface area contributed by atoms with E-state index in [4.69, 9.17) is 5.26 Å². The molecule has 1 N–H and O–H groups in total. The first-order valence-electron chi connectivity index (χ1n) is 6.44. The minimum Gasteiger partial charge on any atom is -0.309 e. The molecule has 2 rings (SSSR count). The topological polar surface area (TPSA) is 35.8 Å². The lowest BCUT2D eigenvalue weighted by atomic mass is 9.87. The van der Waals surface area contributed by atoms with E-state index < -0.39 is 0 Å². The van der Waals surface area contributed by atoms with Crippen molar-refractivity contribution in [3.63, 3.8) is 0 Å². The molecule has 96 valence electrons. The van der Waals surface area contributed by atoms with Crippen molar-refractivity contribution in [2.75, 3.05) is 0 Å². The van der Waals surface area contributed by atoms with Gasteiger partial charge in [0.05, 0.1) is 11.6 Å². The molecule has 0 heterocycles. The fourth-order valence-electron chi connectivity index (χ4n) is 2.76. The van der Waals surface area contributed by atoms with Gasteiger partial charge in [-0.25, -0.2) is 4.39 Å². The number of hydrogen-bond donors (Lipinski definition) is 1. The fourth-order valence-corrected chi connectivity index (χ4v) is 2.76. The summed E-state index contributed by atoms with van der Waals surface area (Å²) in [6.45, 7) is 5.16. The number of halogens is 1. The van der Waals surface area contributed by atoms with Crippen LogP contribution in [0.3, 0.4) is 0 Å². The van der Waals surface area contributed by atoms with Crippen molar-refractivity contribution in [2.45, 2.75) is 45.7 Å². The lowest BCUT2D eigenvalue weighted by Gasteiger charge is -2.28. The zero-order valence-electron chi connectivity index (χ0n) is 11.0. The van der Waals surface area contributed by atoms with Crippen LogP contribution in [0.5, 0.6) is 0 Å². The van der Waals surface area contributed by atoms with Crippen molar-refractivity contribution in [3.8, 4) is 6.07 Å². The van der Waals surface area contributed by atoms with Crippen LogP contribution in [0.2, 0.25) is 0 Å². The summed E-state index contributed by atoms with van der Waals surface area (Å²) in [5.41, 5.74) is 1.54. The smallest absolute Gasteiger partial charge is 0.124 e. The Hall–Kier alpha value is -1.40. The summed E-state index contributed by atoms with van der Waals surface area (Å²) in [4.78, 5) is 0. The summed E-state index contributed by atoms with van der Waals surface area (Å²) in [6, 6.07) is 6.97. The number of hydrogen-bond acceptors (Lipinski definition) is 2. The average Bonchev–Trinajstić information content (AvgIpc) is 2.65. The maximum Gasteiger partial charge on any atom is 0.124 e. The van der Waals surface area contributed by atoms with Gasteiger partial charge in [-0.05, 0) is 42.0 Å². The largest absolute Gasteiger partial charge is 0.309 e. The molecule has 0 bridgehead atoms. The minimum atomic E-state index is -0.337. The SMILES string of the molecule is CC1(C)CCCC1NCc1cc(F)cc(C#N)c1. The van der Waals surface area contributed by atoms with Crippen LogP contribution >= 0.6 is 0 Å². The highest BCUT2D eigenvalue weighted by Crippen LogP contribution is 2.37. The van der Waals surface area contributed by atoms with E-state index in [1.807, 2.05) is 6.07 Å². The van der Waals surface area contributed by atoms with Crippen LogP contribution in [-0.4, -0.2) is 6.04 Å². The summed E-state index contributed by atoms with van der Waals surface area (Å²) in [5, 5.41) is 12.3. The zero-order valence-corrected chi connectivity index (χ0v) is 11.0. The molecule has 0 saturated heterocycles. The molecule has 2 nitrogen and oxygen atoms in total. The lowest BCUT2D eigenvalue weighted by molar-refractivity contribution is 0.282. The Bertz CT molecular complexity index is 474. The molecule has 1 aromatic rings. The van der Waals surface area contributed by atoms with Crippen LogP contribution in [0.15, 0.2) is 18.2 Å². The summed E-state index contributed by atoms with van der Waals surface area (Å²) < 4.78 is 13.3. The van der Waals surface area contributed by atoms with Gasteiger partial charge in [0, 0.05) is 12.6 Å². The van der Waals surface area contributed by atoms with Gasteiger partial charge in [-0.15, -0.1) is 0 Å². The third-order valence-electron chi connectivity index (χ3n) is 3.90. The number of nitriles is 1. The molecule has 0 spiro atoms. The van der Waals surface area contributed by atoms with Gasteiger partial charge in [-0.1, -0.05) is 20.3 Å². The van der Waals surface area contributed by atoms with Crippen LogP contribution in [0.25, 0.3) is 0 Å². The first kappa shape index (κ1) is 13.0. The summed E-state index contributed by atoms with van der Waals surface area (Å²) in [5.74, 6) is -0.337. The highest BCUT2D eigenvalue weighted by molar-refractivity contribution is 5.33. The Morgan fingerprint density at radius 1 is 1.44 bits per heavy atom. The van der Waals surface area contributed by atoms with E-state index in [0.29, 0.717) is 23.6 Å². The molecular formula is C15H19FN2. The van der Waals surface area contributed by atoms with Gasteiger partial charge < -0.3 is 5.32 Å². The van der Waals surface area contributed by atoms with Crippen molar-refractivity contribution < 1.29 is 4.39 Å². The molecule has 18 heavy (non-hydrogen) atoms. The van der Waals surface area contributed by atoms with Crippen molar-refractivity contribution in [2.24, 2.45) is 5.41 Å². The van der Waals surface area contributed by atoms with Crippen molar-refractivity contribution >= 4 is 0 Å². The fraction of sp³-hybridized carbons (Fsp3) is 0.533. The van der Waals surface area contributed by atoms with Crippen molar-refractivity contribution in [1.29, 1.82) is 5.26 Å². The molecule has 1 aliphatic rings. The molecule has 0 aromatic heterocycles. The van der Waals surface area contributed by atoms with Crippen LogP contribution in [0.1, 0.15) is 44.2 Å². The maximum absolute atomic E-state index is 13.3. The maximum atomic E-state index is 13.3. The molecular weight excluding hydrogens is 227 g/mol. The second-order valence-corrected chi connectivity index (χ2v) is 5.77. The van der Waals surface area contributed by atoms with E-state index in [-0.39, 0.29) is 5.82 Å². The molecule has 0 radical (unpaired) electrons. The Labute approximate surface area is 108 Å². The van der Waals surface area contributed by atoms with E-state index in [1.165, 1.54) is 31.4 Å². The Morgan fingerprint density at radius 2 is 2.22 bits per heavy atom. The molecule has 1 atom stereocenters. The Morgan fingerprint density at radius 3 is 2.83 bits per heavy atom. The number of nitrogens with one attached hydrogen (secondary N) is 1. The van der Waals surface area contributed by atoms with Crippen molar-refractivity contribution in [3.05, 3.63) is 35.1 Å². The standard InChI is InChI=1S/C15H19FN2/c1-15(2)5-3-4-14(15)18-10-12-6-11(9-17)7-13(16)8-12/h6-8,14,18H,3-5,10H2,1-2H3. The van der Waals surface area contributed by atoms with Gasteiger partial charge >= 0.3 is 0 Å². The predicted molar refractivity (Wildman–Crippen MR) is 69.4 cm³/mol. The molecule has 0 aliphatic heterocycles. The van der Waals surface area contributed by atoms with Crippen molar-refractivity contribution in [1.82, 2.24) is 5.32 Å². The third kappa shape index (κ3) is 2.88. The normalized spacial score (nSPS) is 21.8. The van der Waals surface area contributed by atoms with Gasteiger partial charge in [0.25, 0.3) is 0 Å². The molecule has 1 saturated carbocycles. The molecule has 1 aromatic carbocycles. The molecule has 1 unspecified atom stereocenters. The second-order valence-electron chi connectivity index (χ2n) is 5.77. The highest BCUT2D eigenvalue weighted by Gasteiger charge is 2.33. The molecule has 1 fully saturated rings. The summed E-state index contributed by atoms with van der Waals surface area (Å²) in [7, 11) is 0. The number of benzene rings is 1. The first-order valence-corrected chi connectivity index (χ1v) is 6.44. The van der Waals surface area contributed by atoms with Crippen LogP contribution in [0, 0.1) is 22.6 Å². The van der Waals surface area contributed by atoms with Gasteiger partial charge in [0.2, 0.25) is 0 Å². The number of rotatable bonds is 3. The monoisotopic (exact) mass is 246 g/mol. The summed E-state index contributed by atoms with van der Waals surface area (Å²) in [6.07, 6.45) is 3.65. The van der Waals surface area contributed by atoms with Gasteiger partial charge in [0.15, 0.2) is 0 Å². The minimum absolute atomic E-state index is 0.311. The van der Waals surface area contributed by atoms with E-state index in [1.54, 1.807) is 6.07 Å². The van der Waals surface area contributed by atoms with Gasteiger partial charge in [-0.2, -0.15) is 5.26 Å². The molecule has 1 aliphatic carbocycles. The Balaban J connectivity index is 2.02. The summed E-state index contributed by atoms with van der Waals surface area (Å²) >= 11 is 0. The van der Waals surface area contributed by atoms with E-state index in [9.17, 15) is 4.39 Å².